The zero-order valence-electron chi connectivity index (χ0n) is 17.4. The van der Waals surface area contributed by atoms with Crippen LogP contribution in [0.5, 0.6) is 0 Å². The van der Waals surface area contributed by atoms with Crippen LogP contribution >= 0.6 is 11.8 Å². The van der Waals surface area contributed by atoms with E-state index in [1.807, 2.05) is 42.5 Å². The maximum Gasteiger partial charge on any atom is 0.262 e. The third-order valence-electron chi connectivity index (χ3n) is 4.91. The molecule has 2 heterocycles. The first kappa shape index (κ1) is 20.9. The van der Waals surface area contributed by atoms with Gasteiger partial charge in [-0.1, -0.05) is 55.9 Å². The van der Waals surface area contributed by atoms with Gasteiger partial charge in [-0.25, -0.2) is 4.98 Å². The molecule has 0 aliphatic rings. The SMILES string of the molecule is CC(C)c1ccccc1NC(=O)CSc1nc2ccccc2c(=O)n1Cc1ccco1. The maximum absolute atomic E-state index is 13.1. The third kappa shape index (κ3) is 4.72. The monoisotopic (exact) mass is 433 g/mol. The Morgan fingerprint density at radius 3 is 2.65 bits per heavy atom. The second kappa shape index (κ2) is 9.22. The summed E-state index contributed by atoms with van der Waals surface area (Å²) in [6.45, 7) is 4.43. The summed E-state index contributed by atoms with van der Waals surface area (Å²) in [6.07, 6.45) is 1.57. The highest BCUT2D eigenvalue weighted by Gasteiger charge is 2.15. The molecule has 0 radical (unpaired) electrons. The fourth-order valence-electron chi connectivity index (χ4n) is 3.39. The van der Waals surface area contributed by atoms with Crippen LogP contribution in [0.15, 0.2) is 81.3 Å². The fraction of sp³-hybridized carbons (Fsp3) is 0.208. The number of carbonyl (C=O) groups is 1. The van der Waals surface area contributed by atoms with Crippen LogP contribution in [0.4, 0.5) is 5.69 Å². The van der Waals surface area contributed by atoms with Gasteiger partial charge < -0.3 is 9.73 Å². The van der Waals surface area contributed by atoms with E-state index in [2.05, 4.69) is 24.1 Å². The Morgan fingerprint density at radius 1 is 1.10 bits per heavy atom. The largest absolute Gasteiger partial charge is 0.467 e. The lowest BCUT2D eigenvalue weighted by Crippen LogP contribution is -2.24. The number of thioether (sulfide) groups is 1. The molecule has 158 valence electrons. The number of fused-ring (bicyclic) bond motifs is 1. The molecule has 0 bridgehead atoms. The molecule has 4 rings (SSSR count). The van der Waals surface area contributed by atoms with Crippen molar-refractivity contribution in [3.63, 3.8) is 0 Å². The third-order valence-corrected chi connectivity index (χ3v) is 5.89. The Hall–Kier alpha value is -3.32. The molecule has 1 amide bonds. The Kier molecular flexibility index (Phi) is 6.23. The minimum absolute atomic E-state index is 0.134. The summed E-state index contributed by atoms with van der Waals surface area (Å²) in [6, 6.07) is 18.6. The number of hydrogen-bond acceptors (Lipinski definition) is 5. The highest BCUT2D eigenvalue weighted by molar-refractivity contribution is 7.99. The van der Waals surface area contributed by atoms with Gasteiger partial charge in [-0.15, -0.1) is 0 Å². The van der Waals surface area contributed by atoms with Crippen molar-refractivity contribution < 1.29 is 9.21 Å². The first-order valence-corrected chi connectivity index (χ1v) is 11.0. The molecule has 0 fully saturated rings. The van der Waals surface area contributed by atoms with Gasteiger partial charge in [0, 0.05) is 5.69 Å². The molecule has 4 aromatic rings. The molecule has 0 saturated heterocycles. The summed E-state index contributed by atoms with van der Waals surface area (Å²) >= 11 is 1.24. The van der Waals surface area contributed by atoms with Crippen LogP contribution in [0.1, 0.15) is 31.1 Å². The molecule has 0 atom stereocenters. The second-order valence-corrected chi connectivity index (χ2v) is 8.40. The van der Waals surface area contributed by atoms with Crippen LogP contribution in [0.25, 0.3) is 10.9 Å². The summed E-state index contributed by atoms with van der Waals surface area (Å²) in [4.78, 5) is 30.4. The highest BCUT2D eigenvalue weighted by atomic mass is 32.2. The number of rotatable bonds is 7. The van der Waals surface area contributed by atoms with Crippen LogP contribution in [0.2, 0.25) is 0 Å². The van der Waals surface area contributed by atoms with Gasteiger partial charge in [0.05, 0.1) is 29.5 Å². The number of anilines is 1. The van der Waals surface area contributed by atoms with Crippen molar-refractivity contribution in [3.8, 4) is 0 Å². The predicted octanol–water partition coefficient (Wildman–Crippen LogP) is 4.89. The van der Waals surface area contributed by atoms with E-state index in [0.717, 1.165) is 11.3 Å². The molecule has 6 nitrogen and oxygen atoms in total. The zero-order valence-corrected chi connectivity index (χ0v) is 18.2. The number of aromatic nitrogens is 2. The van der Waals surface area contributed by atoms with Gasteiger partial charge >= 0.3 is 0 Å². The van der Waals surface area contributed by atoms with Gasteiger partial charge in [0.15, 0.2) is 5.16 Å². The number of carbonyl (C=O) groups excluding carboxylic acids is 1. The first-order chi connectivity index (χ1) is 15.0. The topological polar surface area (TPSA) is 77.1 Å². The molecule has 1 N–H and O–H groups in total. The minimum Gasteiger partial charge on any atom is -0.467 e. The molecule has 2 aromatic carbocycles. The Labute approximate surface area is 184 Å². The van der Waals surface area contributed by atoms with Crippen LogP contribution < -0.4 is 10.9 Å². The molecule has 0 saturated carbocycles. The summed E-state index contributed by atoms with van der Waals surface area (Å²) in [5, 5.41) is 4.00. The molecule has 31 heavy (non-hydrogen) atoms. The Morgan fingerprint density at radius 2 is 1.87 bits per heavy atom. The Bertz CT molecular complexity index is 1260. The number of nitrogens with one attached hydrogen (secondary N) is 1. The summed E-state index contributed by atoms with van der Waals surface area (Å²) in [5.41, 5.74) is 2.34. The molecule has 0 aliphatic heterocycles. The predicted molar refractivity (Wildman–Crippen MR) is 124 cm³/mol. The molecule has 0 aliphatic carbocycles. The van der Waals surface area contributed by atoms with E-state index in [4.69, 9.17) is 4.42 Å². The van der Waals surface area contributed by atoms with E-state index >= 15 is 0 Å². The van der Waals surface area contributed by atoms with Crippen molar-refractivity contribution >= 4 is 34.3 Å². The quantitative estimate of drug-likeness (QED) is 0.332. The lowest BCUT2D eigenvalue weighted by atomic mass is 10.0. The van der Waals surface area contributed by atoms with Crippen LogP contribution in [0, 0.1) is 0 Å². The number of amides is 1. The smallest absolute Gasteiger partial charge is 0.262 e. The van der Waals surface area contributed by atoms with Crippen molar-refractivity contribution in [1.82, 2.24) is 9.55 Å². The lowest BCUT2D eigenvalue weighted by molar-refractivity contribution is -0.113. The molecule has 0 spiro atoms. The molecular formula is C24H23N3O3S. The summed E-state index contributed by atoms with van der Waals surface area (Å²) in [7, 11) is 0. The van der Waals surface area contributed by atoms with Gasteiger partial charge in [-0.2, -0.15) is 0 Å². The van der Waals surface area contributed by atoms with E-state index < -0.39 is 0 Å². The highest BCUT2D eigenvalue weighted by Crippen LogP contribution is 2.25. The number of benzene rings is 2. The van der Waals surface area contributed by atoms with Crippen molar-refractivity contribution in [1.29, 1.82) is 0 Å². The lowest BCUT2D eigenvalue weighted by Gasteiger charge is -2.14. The van der Waals surface area contributed by atoms with Crippen LogP contribution in [-0.4, -0.2) is 21.2 Å². The molecular weight excluding hydrogens is 410 g/mol. The van der Waals surface area contributed by atoms with E-state index in [9.17, 15) is 9.59 Å². The van der Waals surface area contributed by atoms with Crippen LogP contribution in [-0.2, 0) is 11.3 Å². The zero-order chi connectivity index (χ0) is 21.8. The molecule has 0 unspecified atom stereocenters. The van der Waals surface area contributed by atoms with E-state index in [1.54, 1.807) is 29.0 Å². The number of furan rings is 1. The first-order valence-electron chi connectivity index (χ1n) is 10.1. The van der Waals surface area contributed by atoms with Crippen LogP contribution in [0.3, 0.4) is 0 Å². The molecule has 2 aromatic heterocycles. The van der Waals surface area contributed by atoms with Crippen molar-refractivity contribution in [2.45, 2.75) is 31.5 Å². The summed E-state index contributed by atoms with van der Waals surface area (Å²) < 4.78 is 6.98. The van der Waals surface area contributed by atoms with Crippen molar-refractivity contribution in [2.24, 2.45) is 0 Å². The standard InChI is InChI=1S/C24H23N3O3S/c1-16(2)18-9-3-5-11-20(18)25-22(28)15-31-24-26-21-12-6-4-10-19(21)23(29)27(24)14-17-8-7-13-30-17/h3-13,16H,14-15H2,1-2H3,(H,25,28). The number of hydrogen-bond donors (Lipinski definition) is 1. The second-order valence-electron chi connectivity index (χ2n) is 7.46. The average Bonchev–Trinajstić information content (AvgIpc) is 3.28. The normalized spacial score (nSPS) is 11.2. The van der Waals surface area contributed by atoms with Gasteiger partial charge in [-0.3, -0.25) is 14.2 Å². The average molecular weight is 434 g/mol. The van der Waals surface area contributed by atoms with Gasteiger partial charge in [0.25, 0.3) is 5.56 Å². The van der Waals surface area contributed by atoms with Crippen molar-refractivity contribution in [3.05, 3.63) is 88.6 Å². The van der Waals surface area contributed by atoms with Gasteiger partial charge in [-0.05, 0) is 41.8 Å². The minimum atomic E-state index is -0.157. The molecule has 7 heteroatoms. The number of nitrogens with zero attached hydrogens (tertiary/aromatic N) is 2. The Balaban J connectivity index is 1.59. The van der Waals surface area contributed by atoms with E-state index in [0.29, 0.717) is 27.7 Å². The fourth-order valence-corrected chi connectivity index (χ4v) is 4.18. The van der Waals surface area contributed by atoms with Gasteiger partial charge in [0.1, 0.15) is 5.76 Å². The van der Waals surface area contributed by atoms with E-state index in [1.165, 1.54) is 11.8 Å². The maximum atomic E-state index is 13.1. The van der Waals surface area contributed by atoms with Gasteiger partial charge in [0.2, 0.25) is 5.91 Å². The van der Waals surface area contributed by atoms with E-state index in [-0.39, 0.29) is 23.8 Å². The van der Waals surface area contributed by atoms with Crippen molar-refractivity contribution in [2.75, 3.05) is 11.1 Å². The number of para-hydroxylation sites is 2. The summed E-state index contributed by atoms with van der Waals surface area (Å²) in [5.74, 6) is 0.932.